The molecule has 0 spiro atoms. The minimum absolute atomic E-state index is 0.551. The lowest BCUT2D eigenvalue weighted by Gasteiger charge is -1.67. The Morgan fingerprint density at radius 1 is 2.00 bits per heavy atom. The molecule has 30 valence electrons. The van der Waals surface area contributed by atoms with Crippen molar-refractivity contribution in [3.8, 4) is 0 Å². The fourth-order valence-corrected chi connectivity index (χ4v) is 0.531. The van der Waals surface area contributed by atoms with Crippen LogP contribution in [0.15, 0.2) is 0 Å². The van der Waals surface area contributed by atoms with Gasteiger partial charge in [0.25, 0.3) is 0 Å². The first-order valence-electron chi connectivity index (χ1n) is 1.61. The molecule has 0 amide bonds. The third-order valence-electron chi connectivity index (χ3n) is 0.574. The van der Waals surface area contributed by atoms with E-state index >= 15 is 0 Å². The summed E-state index contributed by atoms with van der Waals surface area (Å²) in [6.45, 7) is 0.964. The van der Waals surface area contributed by atoms with Crippen molar-refractivity contribution in [3.63, 3.8) is 0 Å². The van der Waals surface area contributed by atoms with Crippen molar-refractivity contribution < 1.29 is 4.74 Å². The second-order valence-corrected chi connectivity index (χ2v) is 1.76. The van der Waals surface area contributed by atoms with Gasteiger partial charge in [0.2, 0.25) is 0 Å². The monoisotopic (exact) mass is 136 g/mol. The fraction of sp³-hybridized carbons (Fsp3) is 1.00. The van der Waals surface area contributed by atoms with Crippen LogP contribution in [0.1, 0.15) is 0 Å². The van der Waals surface area contributed by atoms with Crippen LogP contribution in [-0.2, 0) is 4.74 Å². The molecule has 0 aromatic heterocycles. The molecule has 1 rings (SSSR count). The Labute approximate surface area is 39.4 Å². The van der Waals surface area contributed by atoms with Crippen molar-refractivity contribution in [2.24, 2.45) is 0 Å². The molecule has 0 N–H and O–H groups in total. The number of ether oxygens (including phenoxy) is 1. The summed E-state index contributed by atoms with van der Waals surface area (Å²) in [7, 11) is 0. The zero-order valence-electron chi connectivity index (χ0n) is 2.78. The first-order valence-corrected chi connectivity index (χ1v) is 2.73. The standard InChI is InChI=1S/C3H5BrO/c4-1-3-2-5-3/h3H,1-2H2/t3-/m0/s1. The van der Waals surface area contributed by atoms with E-state index in [-0.39, 0.29) is 0 Å². The molecule has 0 unspecified atom stereocenters. The van der Waals surface area contributed by atoms with Crippen molar-refractivity contribution in [2.75, 3.05) is 11.9 Å². The van der Waals surface area contributed by atoms with E-state index < -0.39 is 0 Å². The summed E-state index contributed by atoms with van der Waals surface area (Å²) >= 11 is 3.25. The van der Waals surface area contributed by atoms with Crippen LogP contribution in [0.5, 0.6) is 0 Å². The van der Waals surface area contributed by atoms with Crippen molar-refractivity contribution in [2.45, 2.75) is 6.10 Å². The third kappa shape index (κ3) is 0.893. The Hall–Kier alpha value is 0.440. The molecule has 0 aliphatic carbocycles. The lowest BCUT2D eigenvalue weighted by atomic mass is 10.6. The predicted molar refractivity (Wildman–Crippen MR) is 23.5 cm³/mol. The number of rotatable bonds is 1. The third-order valence-corrected chi connectivity index (χ3v) is 1.30. The van der Waals surface area contributed by atoms with Crippen molar-refractivity contribution in [3.05, 3.63) is 0 Å². The zero-order chi connectivity index (χ0) is 3.70. The number of halogens is 1. The van der Waals surface area contributed by atoms with Crippen LogP contribution in [0.3, 0.4) is 0 Å². The van der Waals surface area contributed by atoms with Crippen LogP contribution >= 0.6 is 15.9 Å². The van der Waals surface area contributed by atoms with Gasteiger partial charge in [-0.05, 0) is 0 Å². The molecule has 2 heteroatoms. The van der Waals surface area contributed by atoms with Gasteiger partial charge in [0.15, 0.2) is 0 Å². The van der Waals surface area contributed by atoms with Crippen molar-refractivity contribution >= 4 is 15.9 Å². The molecule has 0 aromatic rings. The SMILES string of the molecule is BrC[C@H]1CO1. The Bertz CT molecular complexity index is 33.9. The molecule has 1 aliphatic rings. The van der Waals surface area contributed by atoms with Gasteiger partial charge >= 0.3 is 0 Å². The predicted octanol–water partition coefficient (Wildman–Crippen LogP) is 0.780. The van der Waals surface area contributed by atoms with E-state index in [4.69, 9.17) is 4.74 Å². The van der Waals surface area contributed by atoms with Crippen LogP contribution in [0.4, 0.5) is 0 Å². The normalized spacial score (nSPS) is 34.2. The van der Waals surface area contributed by atoms with Crippen LogP contribution in [0, 0.1) is 0 Å². The van der Waals surface area contributed by atoms with E-state index in [2.05, 4.69) is 15.9 Å². The summed E-state index contributed by atoms with van der Waals surface area (Å²) in [5.41, 5.74) is 0. The van der Waals surface area contributed by atoms with E-state index in [0.717, 1.165) is 11.9 Å². The molecule has 1 fully saturated rings. The van der Waals surface area contributed by atoms with Gasteiger partial charge in [-0.3, -0.25) is 0 Å². The molecule has 0 aromatic carbocycles. The highest BCUT2D eigenvalue weighted by Gasteiger charge is 2.19. The minimum Gasteiger partial charge on any atom is -0.372 e. The summed E-state index contributed by atoms with van der Waals surface area (Å²) in [5.74, 6) is 0. The van der Waals surface area contributed by atoms with Gasteiger partial charge in [0.1, 0.15) is 0 Å². The van der Waals surface area contributed by atoms with E-state index in [1.807, 2.05) is 0 Å². The minimum atomic E-state index is 0.551. The highest BCUT2D eigenvalue weighted by molar-refractivity contribution is 9.09. The maximum Gasteiger partial charge on any atom is 0.0906 e. The highest BCUT2D eigenvalue weighted by Crippen LogP contribution is 2.09. The fourth-order valence-electron chi connectivity index (χ4n) is 0.157. The number of hydrogen-bond acceptors (Lipinski definition) is 1. The largest absolute Gasteiger partial charge is 0.372 e. The summed E-state index contributed by atoms with van der Waals surface area (Å²) in [5, 5.41) is 1.01. The molecule has 1 heterocycles. The molecule has 1 saturated heterocycles. The Morgan fingerprint density at radius 2 is 2.60 bits per heavy atom. The van der Waals surface area contributed by atoms with Crippen LogP contribution in [0.25, 0.3) is 0 Å². The maximum absolute atomic E-state index is 4.81. The van der Waals surface area contributed by atoms with E-state index in [0.29, 0.717) is 6.10 Å². The average molecular weight is 137 g/mol. The maximum atomic E-state index is 4.81. The zero-order valence-corrected chi connectivity index (χ0v) is 4.36. The van der Waals surface area contributed by atoms with Crippen LogP contribution < -0.4 is 0 Å². The second-order valence-electron chi connectivity index (χ2n) is 1.11. The van der Waals surface area contributed by atoms with Gasteiger partial charge < -0.3 is 4.74 Å². The number of alkyl halides is 1. The lowest BCUT2D eigenvalue weighted by Crippen LogP contribution is -1.79. The topological polar surface area (TPSA) is 12.5 Å². The molecule has 1 nitrogen and oxygen atoms in total. The van der Waals surface area contributed by atoms with Gasteiger partial charge in [0, 0.05) is 5.33 Å². The lowest BCUT2D eigenvalue weighted by molar-refractivity contribution is 0.427. The first kappa shape index (κ1) is 3.62. The van der Waals surface area contributed by atoms with Gasteiger partial charge in [-0.1, -0.05) is 15.9 Å². The number of hydrogen-bond donors (Lipinski definition) is 0. The number of epoxide rings is 1. The van der Waals surface area contributed by atoms with Gasteiger partial charge in [-0.25, -0.2) is 0 Å². The van der Waals surface area contributed by atoms with Crippen molar-refractivity contribution in [1.82, 2.24) is 0 Å². The molecule has 0 bridgehead atoms. The smallest absolute Gasteiger partial charge is 0.0906 e. The van der Waals surface area contributed by atoms with E-state index in [9.17, 15) is 0 Å². The molecule has 1 aliphatic heterocycles. The molecule has 0 saturated carbocycles. The molecular formula is C3H5BrO. The first-order chi connectivity index (χ1) is 2.43. The molecule has 5 heavy (non-hydrogen) atoms. The molecule has 0 radical (unpaired) electrons. The van der Waals surface area contributed by atoms with E-state index in [1.165, 1.54) is 0 Å². The Morgan fingerprint density at radius 3 is 2.60 bits per heavy atom. The summed E-state index contributed by atoms with van der Waals surface area (Å²) in [6.07, 6.45) is 0.551. The molecule has 1 atom stereocenters. The summed E-state index contributed by atoms with van der Waals surface area (Å²) in [6, 6.07) is 0. The van der Waals surface area contributed by atoms with Gasteiger partial charge in [-0.15, -0.1) is 0 Å². The second kappa shape index (κ2) is 1.27. The highest BCUT2D eigenvalue weighted by atomic mass is 79.9. The Balaban J connectivity index is 2.00. The van der Waals surface area contributed by atoms with E-state index in [1.54, 1.807) is 0 Å². The summed E-state index contributed by atoms with van der Waals surface area (Å²) in [4.78, 5) is 0. The quantitative estimate of drug-likeness (QED) is 0.384. The van der Waals surface area contributed by atoms with Gasteiger partial charge in [0.05, 0.1) is 12.7 Å². The van der Waals surface area contributed by atoms with Gasteiger partial charge in [-0.2, -0.15) is 0 Å². The Kier molecular flexibility index (Phi) is 0.918. The molecular weight excluding hydrogens is 132 g/mol. The average Bonchev–Trinajstić information content (AvgIpc) is 2.12. The summed E-state index contributed by atoms with van der Waals surface area (Å²) < 4.78 is 4.81. The van der Waals surface area contributed by atoms with Crippen LogP contribution in [-0.4, -0.2) is 18.0 Å². The van der Waals surface area contributed by atoms with Crippen LogP contribution in [0.2, 0.25) is 0 Å². The van der Waals surface area contributed by atoms with Crippen molar-refractivity contribution in [1.29, 1.82) is 0 Å².